The fourth-order valence-electron chi connectivity index (χ4n) is 3.03. The second-order valence-corrected chi connectivity index (χ2v) is 8.40. The number of nitrogens with zero attached hydrogens (tertiary/aromatic N) is 1. The molecule has 1 atom stereocenters. The Kier molecular flexibility index (Phi) is 7.38. The first-order valence-electron chi connectivity index (χ1n) is 9.87. The van der Waals surface area contributed by atoms with Crippen LogP contribution in [0.4, 0.5) is 0 Å². The van der Waals surface area contributed by atoms with Gasteiger partial charge in [0, 0.05) is 12.1 Å². The summed E-state index contributed by atoms with van der Waals surface area (Å²) < 4.78 is 0. The van der Waals surface area contributed by atoms with Crippen LogP contribution in [0.1, 0.15) is 44.4 Å². The number of rotatable bonds is 7. The van der Waals surface area contributed by atoms with Crippen molar-refractivity contribution in [2.24, 2.45) is 0 Å². The zero-order valence-electron chi connectivity index (χ0n) is 17.7. The van der Waals surface area contributed by atoms with E-state index in [1.165, 1.54) is 0 Å². The highest BCUT2D eigenvalue weighted by molar-refractivity contribution is 5.88. The van der Waals surface area contributed by atoms with E-state index in [1.807, 2.05) is 82.3 Å². The molecule has 4 nitrogen and oxygen atoms in total. The molecule has 28 heavy (non-hydrogen) atoms. The van der Waals surface area contributed by atoms with Gasteiger partial charge in [0.25, 0.3) is 0 Å². The summed E-state index contributed by atoms with van der Waals surface area (Å²) in [5.41, 5.74) is 2.94. The molecule has 2 aromatic rings. The lowest BCUT2D eigenvalue weighted by Gasteiger charge is -2.31. The standard InChI is InChI=1S/C24H32N2O2/c1-18-11-13-21(14-12-18)17-22(27)26(16-15-20-9-7-6-8-10-20)19(2)23(28)25-24(3,4)5/h6-14,19H,15-17H2,1-5H3,(H,25,28). The number of amides is 2. The van der Waals surface area contributed by atoms with Crippen LogP contribution in [0.3, 0.4) is 0 Å². The van der Waals surface area contributed by atoms with E-state index in [9.17, 15) is 9.59 Å². The van der Waals surface area contributed by atoms with Crippen LogP contribution in [0.25, 0.3) is 0 Å². The van der Waals surface area contributed by atoms with Crippen LogP contribution in [0.5, 0.6) is 0 Å². The maximum absolute atomic E-state index is 13.1. The summed E-state index contributed by atoms with van der Waals surface area (Å²) in [5.74, 6) is -0.158. The molecule has 0 aliphatic rings. The Bertz CT molecular complexity index is 777. The van der Waals surface area contributed by atoms with Gasteiger partial charge >= 0.3 is 0 Å². The molecule has 1 N–H and O–H groups in total. The van der Waals surface area contributed by atoms with Crippen LogP contribution in [0.2, 0.25) is 0 Å². The van der Waals surface area contributed by atoms with Crippen LogP contribution in [0, 0.1) is 6.92 Å². The minimum Gasteiger partial charge on any atom is -0.350 e. The number of carbonyl (C=O) groups is 2. The first-order valence-corrected chi connectivity index (χ1v) is 9.87. The first-order chi connectivity index (χ1) is 13.2. The molecule has 150 valence electrons. The summed E-state index contributed by atoms with van der Waals surface area (Å²) in [6, 6.07) is 17.5. The Morgan fingerprint density at radius 2 is 1.57 bits per heavy atom. The van der Waals surface area contributed by atoms with Gasteiger partial charge in [-0.2, -0.15) is 0 Å². The van der Waals surface area contributed by atoms with Gasteiger partial charge in [0.2, 0.25) is 11.8 Å². The van der Waals surface area contributed by atoms with Gasteiger partial charge in [0.15, 0.2) is 0 Å². The van der Waals surface area contributed by atoms with Gasteiger partial charge in [-0.25, -0.2) is 0 Å². The summed E-state index contributed by atoms with van der Waals surface area (Å²) in [5, 5.41) is 2.99. The molecule has 0 radical (unpaired) electrons. The molecule has 0 bridgehead atoms. The molecule has 0 fully saturated rings. The van der Waals surface area contributed by atoms with Crippen molar-refractivity contribution in [3.8, 4) is 0 Å². The Morgan fingerprint density at radius 1 is 0.964 bits per heavy atom. The van der Waals surface area contributed by atoms with Crippen LogP contribution < -0.4 is 5.32 Å². The van der Waals surface area contributed by atoms with E-state index in [1.54, 1.807) is 11.8 Å². The Balaban J connectivity index is 2.14. The molecule has 0 aromatic heterocycles. The van der Waals surface area contributed by atoms with Crippen molar-refractivity contribution in [1.29, 1.82) is 0 Å². The lowest BCUT2D eigenvalue weighted by atomic mass is 10.1. The first kappa shape index (κ1) is 21.7. The lowest BCUT2D eigenvalue weighted by molar-refractivity contribution is -0.140. The molecule has 1 unspecified atom stereocenters. The topological polar surface area (TPSA) is 49.4 Å². The zero-order valence-corrected chi connectivity index (χ0v) is 17.7. The largest absolute Gasteiger partial charge is 0.350 e. The number of hydrogen-bond donors (Lipinski definition) is 1. The molecule has 2 amide bonds. The molecule has 2 rings (SSSR count). The van der Waals surface area contributed by atoms with Crippen molar-refractivity contribution in [3.63, 3.8) is 0 Å². The summed E-state index contributed by atoms with van der Waals surface area (Å²) in [4.78, 5) is 27.5. The summed E-state index contributed by atoms with van der Waals surface area (Å²) >= 11 is 0. The summed E-state index contributed by atoms with van der Waals surface area (Å²) in [7, 11) is 0. The highest BCUT2D eigenvalue weighted by atomic mass is 16.2. The number of benzene rings is 2. The van der Waals surface area contributed by atoms with Gasteiger partial charge in [-0.1, -0.05) is 60.2 Å². The van der Waals surface area contributed by atoms with Gasteiger partial charge in [-0.15, -0.1) is 0 Å². The predicted molar refractivity (Wildman–Crippen MR) is 114 cm³/mol. The fraction of sp³-hybridized carbons (Fsp3) is 0.417. The van der Waals surface area contributed by atoms with Crippen molar-refractivity contribution >= 4 is 11.8 Å². The lowest BCUT2D eigenvalue weighted by Crippen LogP contribution is -2.53. The third kappa shape index (κ3) is 6.84. The fourth-order valence-corrected chi connectivity index (χ4v) is 3.03. The summed E-state index contributed by atoms with van der Waals surface area (Å²) in [6.07, 6.45) is 1.01. The van der Waals surface area contributed by atoms with Gasteiger partial charge < -0.3 is 10.2 Å². The van der Waals surface area contributed by atoms with Crippen LogP contribution in [0.15, 0.2) is 54.6 Å². The molecular formula is C24H32N2O2. The number of carbonyl (C=O) groups excluding carboxylic acids is 2. The molecule has 0 saturated carbocycles. The molecule has 0 spiro atoms. The molecule has 0 aliphatic carbocycles. The van der Waals surface area contributed by atoms with E-state index in [2.05, 4.69) is 5.32 Å². The van der Waals surface area contributed by atoms with Crippen LogP contribution >= 0.6 is 0 Å². The maximum Gasteiger partial charge on any atom is 0.242 e. The normalized spacial score (nSPS) is 12.3. The van der Waals surface area contributed by atoms with Crippen molar-refractivity contribution in [2.75, 3.05) is 6.54 Å². The molecule has 2 aromatic carbocycles. The molecule has 0 heterocycles. The van der Waals surface area contributed by atoms with E-state index in [0.29, 0.717) is 19.4 Å². The van der Waals surface area contributed by atoms with Crippen molar-refractivity contribution in [2.45, 2.75) is 59.0 Å². The van der Waals surface area contributed by atoms with Crippen molar-refractivity contribution < 1.29 is 9.59 Å². The number of hydrogen-bond acceptors (Lipinski definition) is 2. The monoisotopic (exact) mass is 380 g/mol. The molecule has 0 saturated heterocycles. The molecule has 0 aliphatic heterocycles. The third-order valence-electron chi connectivity index (χ3n) is 4.63. The summed E-state index contributed by atoms with van der Waals surface area (Å²) in [6.45, 7) is 10.2. The quantitative estimate of drug-likeness (QED) is 0.792. The minimum absolute atomic E-state index is 0.0312. The van der Waals surface area contributed by atoms with Crippen molar-refractivity contribution in [1.82, 2.24) is 10.2 Å². The second-order valence-electron chi connectivity index (χ2n) is 8.40. The van der Waals surface area contributed by atoms with Crippen molar-refractivity contribution in [3.05, 3.63) is 71.3 Å². The smallest absolute Gasteiger partial charge is 0.242 e. The average Bonchev–Trinajstić information content (AvgIpc) is 2.63. The van der Waals surface area contributed by atoms with E-state index < -0.39 is 6.04 Å². The predicted octanol–water partition coefficient (Wildman–Crippen LogP) is 3.91. The third-order valence-corrected chi connectivity index (χ3v) is 4.63. The van der Waals surface area contributed by atoms with E-state index in [0.717, 1.165) is 16.7 Å². The highest BCUT2D eigenvalue weighted by Gasteiger charge is 2.28. The van der Waals surface area contributed by atoms with Crippen LogP contribution in [-0.2, 0) is 22.4 Å². The van der Waals surface area contributed by atoms with Gasteiger partial charge in [0.05, 0.1) is 6.42 Å². The molecular weight excluding hydrogens is 348 g/mol. The van der Waals surface area contributed by atoms with E-state index in [-0.39, 0.29) is 17.4 Å². The van der Waals surface area contributed by atoms with E-state index in [4.69, 9.17) is 0 Å². The SMILES string of the molecule is Cc1ccc(CC(=O)N(CCc2ccccc2)C(C)C(=O)NC(C)(C)C)cc1. The van der Waals surface area contributed by atoms with Gasteiger partial charge in [0.1, 0.15) is 6.04 Å². The Hall–Kier alpha value is -2.62. The second kappa shape index (κ2) is 9.54. The maximum atomic E-state index is 13.1. The average molecular weight is 381 g/mol. The Morgan fingerprint density at radius 3 is 2.14 bits per heavy atom. The van der Waals surface area contributed by atoms with E-state index >= 15 is 0 Å². The van der Waals surface area contributed by atoms with Gasteiger partial charge in [-0.3, -0.25) is 9.59 Å². The Labute approximate surface area is 169 Å². The molecule has 4 heteroatoms. The van der Waals surface area contributed by atoms with Gasteiger partial charge in [-0.05, 0) is 52.2 Å². The number of aryl methyl sites for hydroxylation is 1. The highest BCUT2D eigenvalue weighted by Crippen LogP contribution is 2.12. The number of nitrogens with one attached hydrogen (secondary N) is 1. The minimum atomic E-state index is -0.527. The van der Waals surface area contributed by atoms with Crippen LogP contribution in [-0.4, -0.2) is 34.8 Å². The zero-order chi connectivity index (χ0) is 20.7.